The van der Waals surface area contributed by atoms with E-state index in [-0.39, 0.29) is 5.91 Å². The highest BCUT2D eigenvalue weighted by Gasteiger charge is 2.16. The average molecular weight is 358 g/mol. The zero-order chi connectivity index (χ0) is 18.0. The predicted octanol–water partition coefficient (Wildman–Crippen LogP) is 3.06. The number of nitrogens with one attached hydrogen (secondary N) is 1. The van der Waals surface area contributed by atoms with Crippen LogP contribution in [0.5, 0.6) is 5.75 Å². The Morgan fingerprint density at radius 1 is 1.36 bits per heavy atom. The number of fused-ring (bicyclic) bond motifs is 3. The van der Waals surface area contributed by atoms with Gasteiger partial charge in [0, 0.05) is 11.9 Å². The Hall–Kier alpha value is -2.28. The van der Waals surface area contributed by atoms with Gasteiger partial charge in [-0.25, -0.2) is 0 Å². The molecule has 0 saturated carbocycles. The van der Waals surface area contributed by atoms with E-state index in [1.807, 2.05) is 29.5 Å². The second kappa shape index (κ2) is 7.31. The second-order valence-electron chi connectivity index (χ2n) is 6.35. The fourth-order valence-corrected chi connectivity index (χ4v) is 3.46. The van der Waals surface area contributed by atoms with Crippen LogP contribution in [0.3, 0.4) is 0 Å². The Morgan fingerprint density at radius 3 is 2.88 bits per heavy atom. The smallest absolute Gasteiger partial charge is 0.230 e. The zero-order valence-corrected chi connectivity index (χ0v) is 15.7. The first-order chi connectivity index (χ1) is 12.0. The quantitative estimate of drug-likeness (QED) is 0.686. The van der Waals surface area contributed by atoms with Crippen molar-refractivity contribution in [1.82, 2.24) is 19.9 Å². The Labute approximate surface area is 151 Å². The maximum Gasteiger partial charge on any atom is 0.230 e. The van der Waals surface area contributed by atoms with Crippen LogP contribution in [0, 0.1) is 12.8 Å². The van der Waals surface area contributed by atoms with Crippen LogP contribution < -0.4 is 10.1 Å². The van der Waals surface area contributed by atoms with E-state index in [0.29, 0.717) is 23.4 Å². The Morgan fingerprint density at radius 2 is 2.16 bits per heavy atom. The Balaban J connectivity index is 1.97. The highest BCUT2D eigenvalue weighted by molar-refractivity contribution is 7.99. The van der Waals surface area contributed by atoms with Crippen LogP contribution in [0.25, 0.3) is 16.6 Å². The van der Waals surface area contributed by atoms with Crippen molar-refractivity contribution in [2.45, 2.75) is 25.9 Å². The summed E-state index contributed by atoms with van der Waals surface area (Å²) in [4.78, 5) is 12.0. The molecule has 3 aromatic rings. The maximum atomic E-state index is 12.0. The normalized spacial score (nSPS) is 11.4. The third-order valence-corrected chi connectivity index (χ3v) is 4.84. The largest absolute Gasteiger partial charge is 0.495 e. The van der Waals surface area contributed by atoms with E-state index in [4.69, 9.17) is 4.74 Å². The van der Waals surface area contributed by atoms with Gasteiger partial charge in [0.25, 0.3) is 0 Å². The van der Waals surface area contributed by atoms with Gasteiger partial charge in [-0.2, -0.15) is 0 Å². The molecular weight excluding hydrogens is 336 g/mol. The number of thioether (sulfide) groups is 1. The summed E-state index contributed by atoms with van der Waals surface area (Å²) in [5.74, 6) is 1.49. The lowest BCUT2D eigenvalue weighted by atomic mass is 10.1. The molecule has 7 heteroatoms. The summed E-state index contributed by atoms with van der Waals surface area (Å²) in [6.45, 7) is 6.86. The number of hydrogen-bond donors (Lipinski definition) is 1. The number of ether oxygens (including phenoxy) is 1. The maximum absolute atomic E-state index is 12.0. The number of benzene rings is 1. The van der Waals surface area contributed by atoms with Crippen molar-refractivity contribution < 1.29 is 9.53 Å². The molecule has 2 heterocycles. The van der Waals surface area contributed by atoms with Gasteiger partial charge in [0.15, 0.2) is 10.8 Å². The summed E-state index contributed by atoms with van der Waals surface area (Å²) in [5, 5.41) is 13.2. The van der Waals surface area contributed by atoms with Crippen molar-refractivity contribution in [3.63, 3.8) is 0 Å². The van der Waals surface area contributed by atoms with E-state index in [1.54, 1.807) is 7.11 Å². The number of methoxy groups -OCH3 is 1. The number of hydrogen-bond acceptors (Lipinski definition) is 5. The molecule has 0 aliphatic rings. The molecule has 0 unspecified atom stereocenters. The lowest BCUT2D eigenvalue weighted by molar-refractivity contribution is -0.118. The minimum Gasteiger partial charge on any atom is -0.495 e. The molecule has 1 N–H and O–H groups in total. The van der Waals surface area contributed by atoms with Crippen molar-refractivity contribution in [2.24, 2.45) is 5.92 Å². The van der Waals surface area contributed by atoms with Crippen molar-refractivity contribution in [3.8, 4) is 5.75 Å². The van der Waals surface area contributed by atoms with Crippen molar-refractivity contribution in [1.29, 1.82) is 0 Å². The van der Waals surface area contributed by atoms with Gasteiger partial charge in [-0.05, 0) is 30.5 Å². The first kappa shape index (κ1) is 17.5. The highest BCUT2D eigenvalue weighted by atomic mass is 32.2. The number of amides is 1. The van der Waals surface area contributed by atoms with Crippen LogP contribution in [-0.2, 0) is 4.79 Å². The standard InChI is InChI=1S/C18H22N4O2S/c1-11(2)9-19-16(23)10-25-18-21-20-15-8-12(3)13-6-5-7-14(24-4)17(13)22(15)18/h5-8,11H,9-10H2,1-4H3,(H,19,23). The summed E-state index contributed by atoms with van der Waals surface area (Å²) in [5.41, 5.74) is 2.79. The third kappa shape index (κ3) is 3.56. The number of aryl methyl sites for hydroxylation is 1. The molecule has 0 saturated heterocycles. The Bertz CT molecular complexity index is 920. The number of para-hydroxylation sites is 1. The molecule has 2 aromatic heterocycles. The molecule has 0 spiro atoms. The molecule has 132 valence electrons. The van der Waals surface area contributed by atoms with Crippen LogP contribution >= 0.6 is 11.8 Å². The van der Waals surface area contributed by atoms with E-state index in [2.05, 4.69) is 35.4 Å². The summed E-state index contributed by atoms with van der Waals surface area (Å²) < 4.78 is 7.50. The number of carbonyl (C=O) groups is 1. The molecule has 25 heavy (non-hydrogen) atoms. The number of aromatic nitrogens is 3. The van der Waals surface area contributed by atoms with Crippen LogP contribution in [0.4, 0.5) is 0 Å². The average Bonchev–Trinajstić information content (AvgIpc) is 3.00. The van der Waals surface area contributed by atoms with E-state index >= 15 is 0 Å². The van der Waals surface area contributed by atoms with Crippen LogP contribution in [-0.4, -0.2) is 39.9 Å². The van der Waals surface area contributed by atoms with Crippen LogP contribution in [0.1, 0.15) is 19.4 Å². The van der Waals surface area contributed by atoms with E-state index in [9.17, 15) is 4.79 Å². The minimum atomic E-state index is -0.00108. The number of pyridine rings is 1. The molecule has 6 nitrogen and oxygen atoms in total. The van der Waals surface area contributed by atoms with Gasteiger partial charge in [-0.15, -0.1) is 10.2 Å². The van der Waals surface area contributed by atoms with E-state index in [1.165, 1.54) is 11.8 Å². The lowest BCUT2D eigenvalue weighted by Gasteiger charge is -2.11. The fourth-order valence-electron chi connectivity index (χ4n) is 2.68. The van der Waals surface area contributed by atoms with Gasteiger partial charge in [0.2, 0.25) is 5.91 Å². The molecule has 3 rings (SSSR count). The predicted molar refractivity (Wildman–Crippen MR) is 100 cm³/mol. The van der Waals surface area contributed by atoms with Gasteiger partial charge in [-0.3, -0.25) is 9.20 Å². The van der Waals surface area contributed by atoms with Crippen LogP contribution in [0.2, 0.25) is 0 Å². The number of nitrogens with zero attached hydrogens (tertiary/aromatic N) is 3. The van der Waals surface area contributed by atoms with Crippen molar-refractivity contribution in [2.75, 3.05) is 19.4 Å². The number of rotatable bonds is 6. The Kier molecular flexibility index (Phi) is 5.13. The fraction of sp³-hybridized carbons (Fsp3) is 0.389. The molecular formula is C18H22N4O2S. The van der Waals surface area contributed by atoms with Gasteiger partial charge in [0.05, 0.1) is 18.4 Å². The summed E-state index contributed by atoms with van der Waals surface area (Å²) in [7, 11) is 1.65. The summed E-state index contributed by atoms with van der Waals surface area (Å²) in [6, 6.07) is 7.94. The molecule has 0 atom stereocenters. The molecule has 0 fully saturated rings. The molecule has 0 aliphatic heterocycles. The summed E-state index contributed by atoms with van der Waals surface area (Å²) in [6.07, 6.45) is 0. The first-order valence-corrected chi connectivity index (χ1v) is 9.20. The van der Waals surface area contributed by atoms with Crippen molar-refractivity contribution in [3.05, 3.63) is 29.8 Å². The van der Waals surface area contributed by atoms with E-state index in [0.717, 1.165) is 27.9 Å². The molecule has 0 aliphatic carbocycles. The first-order valence-electron chi connectivity index (χ1n) is 8.22. The van der Waals surface area contributed by atoms with Gasteiger partial charge < -0.3 is 10.1 Å². The second-order valence-corrected chi connectivity index (χ2v) is 7.29. The molecule has 1 aromatic carbocycles. The monoisotopic (exact) mass is 358 g/mol. The minimum absolute atomic E-state index is 0.00108. The molecule has 0 radical (unpaired) electrons. The lowest BCUT2D eigenvalue weighted by Crippen LogP contribution is -2.28. The van der Waals surface area contributed by atoms with Gasteiger partial charge in [-0.1, -0.05) is 37.7 Å². The zero-order valence-electron chi connectivity index (χ0n) is 14.9. The number of carbonyl (C=O) groups excluding carboxylic acids is 1. The summed E-state index contributed by atoms with van der Waals surface area (Å²) >= 11 is 1.38. The molecule has 0 bridgehead atoms. The SMILES string of the molecule is COc1cccc2c(C)cc3nnc(SCC(=O)NCC(C)C)n3c12. The van der Waals surface area contributed by atoms with Gasteiger partial charge in [0.1, 0.15) is 5.75 Å². The van der Waals surface area contributed by atoms with Gasteiger partial charge >= 0.3 is 0 Å². The third-order valence-electron chi connectivity index (χ3n) is 3.91. The highest BCUT2D eigenvalue weighted by Crippen LogP contribution is 2.31. The van der Waals surface area contributed by atoms with Crippen LogP contribution in [0.15, 0.2) is 29.4 Å². The molecule has 1 amide bonds. The van der Waals surface area contributed by atoms with E-state index < -0.39 is 0 Å². The topological polar surface area (TPSA) is 68.5 Å². The van der Waals surface area contributed by atoms with Crippen molar-refractivity contribution >= 4 is 34.2 Å².